The quantitative estimate of drug-likeness (QED) is 0.847. The summed E-state index contributed by atoms with van der Waals surface area (Å²) in [6, 6.07) is 11.5. The Labute approximate surface area is 147 Å². The Bertz CT molecular complexity index is 850. The van der Waals surface area contributed by atoms with Gasteiger partial charge in [-0.15, -0.1) is 0 Å². The van der Waals surface area contributed by atoms with Crippen LogP contribution in [-0.2, 0) is 26.2 Å². The molecule has 25 heavy (non-hydrogen) atoms. The minimum Gasteiger partial charge on any atom is -0.304 e. The maximum atomic E-state index is 12.4. The first kappa shape index (κ1) is 17.3. The average Bonchev–Trinajstić information content (AvgIpc) is 2.76. The van der Waals surface area contributed by atoms with E-state index in [4.69, 9.17) is 10.2 Å². The molecule has 0 unspecified atom stereocenters. The Morgan fingerprint density at radius 1 is 1.28 bits per heavy atom. The molecule has 0 saturated carbocycles. The van der Waals surface area contributed by atoms with Crippen molar-refractivity contribution in [1.29, 1.82) is 5.26 Å². The molecule has 0 saturated heterocycles. The van der Waals surface area contributed by atoms with Gasteiger partial charge in [0.05, 0.1) is 23.9 Å². The molecule has 6 nitrogen and oxygen atoms in total. The zero-order chi connectivity index (χ0) is 17.8. The minimum absolute atomic E-state index is 0.0372. The highest BCUT2D eigenvalue weighted by Crippen LogP contribution is 2.14. The second-order valence-electron chi connectivity index (χ2n) is 6.77. The van der Waals surface area contributed by atoms with Crippen LogP contribution < -0.4 is 5.56 Å². The molecule has 3 rings (SSSR count). The van der Waals surface area contributed by atoms with Crippen LogP contribution in [-0.4, -0.2) is 40.0 Å². The van der Waals surface area contributed by atoms with Crippen LogP contribution in [0, 0.1) is 11.3 Å². The zero-order valence-corrected chi connectivity index (χ0v) is 14.8. The Hall–Kier alpha value is -2.49. The first-order valence-corrected chi connectivity index (χ1v) is 8.51. The number of nitriles is 1. The number of hydrogen-bond donors (Lipinski definition) is 0. The summed E-state index contributed by atoms with van der Waals surface area (Å²) in [5.41, 5.74) is 2.64. The van der Waals surface area contributed by atoms with E-state index in [0.717, 1.165) is 36.6 Å². The van der Waals surface area contributed by atoms with Gasteiger partial charge in [-0.25, -0.2) is 4.98 Å². The molecule has 2 aromatic rings. The second-order valence-corrected chi connectivity index (χ2v) is 6.77. The first-order chi connectivity index (χ1) is 12.0. The van der Waals surface area contributed by atoms with Gasteiger partial charge in [0.2, 0.25) is 0 Å². The van der Waals surface area contributed by atoms with Crippen molar-refractivity contribution in [3.8, 4) is 6.07 Å². The molecular weight excluding hydrogens is 314 g/mol. The number of hydrogen-bond acceptors (Lipinski definition) is 5. The fourth-order valence-corrected chi connectivity index (χ4v) is 3.23. The first-order valence-electron chi connectivity index (χ1n) is 8.51. The summed E-state index contributed by atoms with van der Waals surface area (Å²) in [5.74, 6) is 0.832. The van der Waals surface area contributed by atoms with Crippen molar-refractivity contribution in [2.24, 2.45) is 0 Å². The second kappa shape index (κ2) is 7.60. The van der Waals surface area contributed by atoms with E-state index in [1.165, 1.54) is 0 Å². The van der Waals surface area contributed by atoms with E-state index < -0.39 is 0 Å². The van der Waals surface area contributed by atoms with Crippen LogP contribution in [0.3, 0.4) is 0 Å². The van der Waals surface area contributed by atoms with Crippen molar-refractivity contribution in [2.75, 3.05) is 20.6 Å². The summed E-state index contributed by atoms with van der Waals surface area (Å²) >= 11 is 0. The SMILES string of the molecule is CN(C)Cc1cc(=O)n2c(n1)CN(Cc1cccc(C#N)c1)CCC2. The molecule has 2 heterocycles. The number of aromatic nitrogens is 2. The molecule has 1 aliphatic rings. The van der Waals surface area contributed by atoms with Gasteiger partial charge >= 0.3 is 0 Å². The summed E-state index contributed by atoms with van der Waals surface area (Å²) in [4.78, 5) is 21.5. The lowest BCUT2D eigenvalue weighted by Crippen LogP contribution is -2.28. The van der Waals surface area contributed by atoms with Crippen molar-refractivity contribution in [2.45, 2.75) is 32.6 Å². The van der Waals surface area contributed by atoms with Gasteiger partial charge in [0.25, 0.3) is 5.56 Å². The molecule has 0 aliphatic carbocycles. The predicted octanol–water partition coefficient (Wildman–Crippen LogP) is 1.58. The molecule has 0 fully saturated rings. The normalized spacial score (nSPS) is 14.8. The van der Waals surface area contributed by atoms with E-state index >= 15 is 0 Å². The monoisotopic (exact) mass is 337 g/mol. The molecule has 6 heteroatoms. The van der Waals surface area contributed by atoms with Gasteiger partial charge in [-0.2, -0.15) is 5.26 Å². The fraction of sp³-hybridized carbons (Fsp3) is 0.421. The Balaban J connectivity index is 1.83. The summed E-state index contributed by atoms with van der Waals surface area (Å²) in [6.07, 6.45) is 0.916. The van der Waals surface area contributed by atoms with E-state index in [0.29, 0.717) is 25.2 Å². The van der Waals surface area contributed by atoms with E-state index in [1.54, 1.807) is 10.6 Å². The van der Waals surface area contributed by atoms with Crippen molar-refractivity contribution >= 4 is 0 Å². The third-order valence-corrected chi connectivity index (χ3v) is 4.30. The molecule has 1 aliphatic heterocycles. The van der Waals surface area contributed by atoms with Gasteiger partial charge in [-0.05, 0) is 38.2 Å². The van der Waals surface area contributed by atoms with E-state index in [2.05, 4.69) is 11.0 Å². The highest BCUT2D eigenvalue weighted by Gasteiger charge is 2.18. The molecule has 0 bridgehead atoms. The molecule has 1 aromatic carbocycles. The maximum absolute atomic E-state index is 12.4. The summed E-state index contributed by atoms with van der Waals surface area (Å²) < 4.78 is 1.80. The molecule has 0 atom stereocenters. The fourth-order valence-electron chi connectivity index (χ4n) is 3.23. The van der Waals surface area contributed by atoms with Gasteiger partial charge in [-0.3, -0.25) is 14.3 Å². The van der Waals surface area contributed by atoms with Gasteiger partial charge in [0.1, 0.15) is 5.82 Å². The maximum Gasteiger partial charge on any atom is 0.253 e. The Morgan fingerprint density at radius 2 is 2.12 bits per heavy atom. The molecule has 130 valence electrons. The van der Waals surface area contributed by atoms with Gasteiger partial charge < -0.3 is 4.90 Å². The lowest BCUT2D eigenvalue weighted by Gasteiger charge is -2.20. The minimum atomic E-state index is 0.0372. The Kier molecular flexibility index (Phi) is 5.27. The summed E-state index contributed by atoms with van der Waals surface area (Å²) in [5, 5.41) is 9.06. The van der Waals surface area contributed by atoms with Crippen molar-refractivity contribution in [3.63, 3.8) is 0 Å². The average molecular weight is 337 g/mol. The highest BCUT2D eigenvalue weighted by molar-refractivity contribution is 5.32. The molecule has 0 amide bonds. The summed E-state index contributed by atoms with van der Waals surface area (Å²) in [7, 11) is 3.94. The van der Waals surface area contributed by atoms with E-state index in [-0.39, 0.29) is 5.56 Å². The van der Waals surface area contributed by atoms with Crippen LogP contribution in [0.15, 0.2) is 35.1 Å². The standard InChI is InChI=1S/C19H23N5O/c1-22(2)13-17-10-19(25)24-8-4-7-23(14-18(24)21-17)12-16-6-3-5-15(9-16)11-20/h3,5-6,9-10H,4,7-8,12-14H2,1-2H3. The number of fused-ring (bicyclic) bond motifs is 1. The number of benzene rings is 1. The van der Waals surface area contributed by atoms with Crippen LogP contribution in [0.1, 0.15) is 29.1 Å². The molecule has 0 radical (unpaired) electrons. The van der Waals surface area contributed by atoms with Gasteiger partial charge in [0.15, 0.2) is 0 Å². The lowest BCUT2D eigenvalue weighted by atomic mass is 10.1. The van der Waals surface area contributed by atoms with Crippen LogP contribution >= 0.6 is 0 Å². The third-order valence-electron chi connectivity index (χ3n) is 4.30. The van der Waals surface area contributed by atoms with Crippen molar-refractivity contribution in [3.05, 3.63) is 63.3 Å². The molecule has 1 aromatic heterocycles. The third kappa shape index (κ3) is 4.32. The Morgan fingerprint density at radius 3 is 2.88 bits per heavy atom. The zero-order valence-electron chi connectivity index (χ0n) is 14.8. The van der Waals surface area contributed by atoms with Crippen LogP contribution in [0.2, 0.25) is 0 Å². The summed E-state index contributed by atoms with van der Waals surface area (Å²) in [6.45, 7) is 3.67. The van der Waals surface area contributed by atoms with E-state index in [9.17, 15) is 4.79 Å². The van der Waals surface area contributed by atoms with E-state index in [1.807, 2.05) is 43.3 Å². The largest absolute Gasteiger partial charge is 0.304 e. The molecular formula is C19H23N5O. The topological polar surface area (TPSA) is 65.2 Å². The highest BCUT2D eigenvalue weighted by atomic mass is 16.1. The van der Waals surface area contributed by atoms with Crippen LogP contribution in [0.4, 0.5) is 0 Å². The lowest BCUT2D eigenvalue weighted by molar-refractivity contribution is 0.257. The molecule has 0 spiro atoms. The predicted molar refractivity (Wildman–Crippen MR) is 95.8 cm³/mol. The number of rotatable bonds is 4. The van der Waals surface area contributed by atoms with Crippen LogP contribution in [0.5, 0.6) is 0 Å². The smallest absolute Gasteiger partial charge is 0.253 e. The van der Waals surface area contributed by atoms with Crippen LogP contribution in [0.25, 0.3) is 0 Å². The van der Waals surface area contributed by atoms with Gasteiger partial charge in [0, 0.05) is 32.2 Å². The van der Waals surface area contributed by atoms with Crippen molar-refractivity contribution in [1.82, 2.24) is 19.4 Å². The number of nitrogens with zero attached hydrogens (tertiary/aromatic N) is 5. The van der Waals surface area contributed by atoms with Crippen molar-refractivity contribution < 1.29 is 0 Å². The van der Waals surface area contributed by atoms with Gasteiger partial charge in [-0.1, -0.05) is 12.1 Å². The molecule has 0 N–H and O–H groups in total.